The Bertz CT molecular complexity index is 404. The van der Waals surface area contributed by atoms with Gasteiger partial charge in [-0.2, -0.15) is 13.2 Å². The molecule has 2 saturated heterocycles. The van der Waals surface area contributed by atoms with Crippen LogP contribution in [0.2, 0.25) is 0 Å². The Labute approximate surface area is 123 Å². The molecule has 3 fully saturated rings. The molecule has 0 spiro atoms. The Morgan fingerprint density at radius 2 is 1.86 bits per heavy atom. The second kappa shape index (κ2) is 5.45. The van der Waals surface area contributed by atoms with E-state index in [2.05, 4.69) is 5.32 Å². The average Bonchev–Trinajstić information content (AvgIpc) is 2.96. The summed E-state index contributed by atoms with van der Waals surface area (Å²) in [5.41, 5.74) is -2.19. The van der Waals surface area contributed by atoms with Crippen molar-refractivity contribution in [3.8, 4) is 0 Å². The Hall–Kier alpha value is -0.780. The molecule has 6 heteroatoms. The predicted molar refractivity (Wildman–Crippen MR) is 72.6 cm³/mol. The first-order chi connectivity index (χ1) is 9.94. The van der Waals surface area contributed by atoms with Crippen molar-refractivity contribution in [2.75, 3.05) is 26.2 Å². The fraction of sp³-hybridized carbons (Fsp3) is 0.933. The average molecular weight is 304 g/mol. The van der Waals surface area contributed by atoms with Gasteiger partial charge in [0.15, 0.2) is 5.41 Å². The van der Waals surface area contributed by atoms with Crippen LogP contribution in [0.15, 0.2) is 0 Å². The number of nitrogens with one attached hydrogen (secondary N) is 1. The number of alkyl halides is 3. The van der Waals surface area contributed by atoms with Gasteiger partial charge in [0.25, 0.3) is 0 Å². The Morgan fingerprint density at radius 1 is 1.14 bits per heavy atom. The molecule has 3 atom stereocenters. The van der Waals surface area contributed by atoms with Crippen LogP contribution in [0.3, 0.4) is 0 Å². The van der Waals surface area contributed by atoms with Crippen LogP contribution in [0.5, 0.6) is 0 Å². The second-order valence-electron chi connectivity index (χ2n) is 6.85. The number of carbonyl (C=O) groups is 1. The van der Waals surface area contributed by atoms with E-state index in [1.807, 2.05) is 0 Å². The zero-order valence-corrected chi connectivity index (χ0v) is 12.2. The Kier molecular flexibility index (Phi) is 3.93. The van der Waals surface area contributed by atoms with Crippen molar-refractivity contribution in [1.82, 2.24) is 10.2 Å². The van der Waals surface area contributed by atoms with E-state index >= 15 is 0 Å². The molecule has 0 aromatic heterocycles. The number of nitrogens with zero attached hydrogens (tertiary/aromatic N) is 1. The van der Waals surface area contributed by atoms with E-state index in [1.54, 1.807) is 0 Å². The zero-order chi connectivity index (χ0) is 15.1. The Morgan fingerprint density at radius 3 is 2.48 bits per heavy atom. The topological polar surface area (TPSA) is 32.3 Å². The minimum absolute atomic E-state index is 0.125. The standard InChI is InChI=1S/C15H23F3N2O/c16-15(17,18)14(6-7-19-10-14)13(21)20-8-5-11-3-1-2-4-12(11)9-20/h11-12,19H,1-10H2. The summed E-state index contributed by atoms with van der Waals surface area (Å²) in [7, 11) is 0. The lowest BCUT2D eigenvalue weighted by Crippen LogP contribution is -2.56. The first kappa shape index (κ1) is 15.1. The minimum atomic E-state index is -4.46. The van der Waals surface area contributed by atoms with Gasteiger partial charge in [0.1, 0.15) is 0 Å². The van der Waals surface area contributed by atoms with Crippen LogP contribution in [0.1, 0.15) is 38.5 Å². The lowest BCUT2D eigenvalue weighted by Gasteiger charge is -2.44. The highest BCUT2D eigenvalue weighted by molar-refractivity contribution is 5.84. The molecule has 0 aromatic rings. The number of amides is 1. The predicted octanol–water partition coefficient (Wildman–Crippen LogP) is 2.57. The van der Waals surface area contributed by atoms with Gasteiger partial charge < -0.3 is 10.2 Å². The molecule has 2 heterocycles. The largest absolute Gasteiger partial charge is 0.404 e. The van der Waals surface area contributed by atoms with Crippen molar-refractivity contribution in [3.63, 3.8) is 0 Å². The van der Waals surface area contributed by atoms with Crippen LogP contribution in [-0.4, -0.2) is 43.2 Å². The van der Waals surface area contributed by atoms with E-state index in [0.29, 0.717) is 24.9 Å². The fourth-order valence-corrected chi connectivity index (χ4v) is 4.33. The van der Waals surface area contributed by atoms with Gasteiger partial charge in [-0.1, -0.05) is 19.3 Å². The molecule has 1 N–H and O–H groups in total. The quantitative estimate of drug-likeness (QED) is 0.807. The van der Waals surface area contributed by atoms with Gasteiger partial charge in [0.2, 0.25) is 5.91 Å². The molecule has 2 aliphatic heterocycles. The molecular weight excluding hydrogens is 281 g/mol. The van der Waals surface area contributed by atoms with Crippen LogP contribution in [-0.2, 0) is 4.79 Å². The molecule has 1 aliphatic carbocycles. The van der Waals surface area contributed by atoms with Crippen LogP contribution in [0.25, 0.3) is 0 Å². The second-order valence-corrected chi connectivity index (χ2v) is 6.85. The van der Waals surface area contributed by atoms with Gasteiger partial charge in [0, 0.05) is 19.6 Å². The maximum absolute atomic E-state index is 13.5. The SMILES string of the molecule is O=C(N1CCC2CCCCC2C1)C1(C(F)(F)F)CCNC1. The summed E-state index contributed by atoms with van der Waals surface area (Å²) in [6, 6.07) is 0. The number of halogens is 3. The third kappa shape index (κ3) is 2.56. The number of piperidine rings is 1. The molecule has 1 amide bonds. The summed E-state index contributed by atoms with van der Waals surface area (Å²) in [6.45, 7) is 1.03. The third-order valence-corrected chi connectivity index (χ3v) is 5.69. The van der Waals surface area contributed by atoms with E-state index in [0.717, 1.165) is 19.3 Å². The third-order valence-electron chi connectivity index (χ3n) is 5.69. The molecule has 21 heavy (non-hydrogen) atoms. The lowest BCUT2D eigenvalue weighted by molar-refractivity contribution is -0.223. The molecular formula is C15H23F3N2O. The number of hydrogen-bond acceptors (Lipinski definition) is 2. The van der Waals surface area contributed by atoms with Gasteiger partial charge >= 0.3 is 6.18 Å². The molecule has 3 nitrogen and oxygen atoms in total. The van der Waals surface area contributed by atoms with Gasteiger partial charge in [-0.3, -0.25) is 4.79 Å². The van der Waals surface area contributed by atoms with Crippen molar-refractivity contribution in [2.24, 2.45) is 17.3 Å². The monoisotopic (exact) mass is 304 g/mol. The fourth-order valence-electron chi connectivity index (χ4n) is 4.33. The molecule has 3 unspecified atom stereocenters. The molecule has 0 aromatic carbocycles. The molecule has 0 radical (unpaired) electrons. The van der Waals surface area contributed by atoms with Crippen LogP contribution >= 0.6 is 0 Å². The van der Waals surface area contributed by atoms with E-state index in [-0.39, 0.29) is 19.5 Å². The molecule has 3 rings (SSSR count). The maximum atomic E-state index is 13.5. The lowest BCUT2D eigenvalue weighted by atomic mass is 9.74. The van der Waals surface area contributed by atoms with E-state index in [4.69, 9.17) is 0 Å². The number of carbonyl (C=O) groups excluding carboxylic acids is 1. The van der Waals surface area contributed by atoms with Crippen molar-refractivity contribution in [1.29, 1.82) is 0 Å². The van der Waals surface area contributed by atoms with Crippen molar-refractivity contribution >= 4 is 5.91 Å². The van der Waals surface area contributed by atoms with Gasteiger partial charge in [-0.15, -0.1) is 0 Å². The zero-order valence-electron chi connectivity index (χ0n) is 12.2. The van der Waals surface area contributed by atoms with Gasteiger partial charge in [-0.05, 0) is 37.6 Å². The highest BCUT2D eigenvalue weighted by Gasteiger charge is 2.62. The first-order valence-corrected chi connectivity index (χ1v) is 8.01. The van der Waals surface area contributed by atoms with E-state index in [1.165, 1.54) is 17.7 Å². The van der Waals surface area contributed by atoms with E-state index < -0.39 is 17.5 Å². The molecule has 3 aliphatic rings. The highest BCUT2D eigenvalue weighted by atomic mass is 19.4. The number of rotatable bonds is 1. The molecule has 0 bridgehead atoms. The molecule has 1 saturated carbocycles. The smallest absolute Gasteiger partial charge is 0.342 e. The molecule has 120 valence electrons. The summed E-state index contributed by atoms with van der Waals surface area (Å²) in [4.78, 5) is 14.1. The van der Waals surface area contributed by atoms with E-state index in [9.17, 15) is 18.0 Å². The number of fused-ring (bicyclic) bond motifs is 1. The van der Waals surface area contributed by atoms with Crippen LogP contribution in [0.4, 0.5) is 13.2 Å². The number of hydrogen-bond donors (Lipinski definition) is 1. The van der Waals surface area contributed by atoms with Gasteiger partial charge in [-0.25, -0.2) is 0 Å². The van der Waals surface area contributed by atoms with Crippen molar-refractivity contribution < 1.29 is 18.0 Å². The summed E-state index contributed by atoms with van der Waals surface area (Å²) in [6.07, 6.45) is 0.903. The maximum Gasteiger partial charge on any atom is 0.404 e. The summed E-state index contributed by atoms with van der Waals surface area (Å²) in [5, 5.41) is 2.73. The Balaban J connectivity index is 1.75. The minimum Gasteiger partial charge on any atom is -0.342 e. The van der Waals surface area contributed by atoms with Crippen LogP contribution < -0.4 is 5.32 Å². The first-order valence-electron chi connectivity index (χ1n) is 8.01. The van der Waals surface area contributed by atoms with Crippen molar-refractivity contribution in [2.45, 2.75) is 44.7 Å². The summed E-state index contributed by atoms with van der Waals surface area (Å²) in [5.74, 6) is 0.339. The summed E-state index contributed by atoms with van der Waals surface area (Å²) >= 11 is 0. The number of likely N-dealkylation sites (tertiary alicyclic amines) is 1. The van der Waals surface area contributed by atoms with Gasteiger partial charge in [0.05, 0.1) is 0 Å². The normalized spacial score (nSPS) is 37.4. The van der Waals surface area contributed by atoms with Crippen LogP contribution in [0, 0.1) is 17.3 Å². The highest BCUT2D eigenvalue weighted by Crippen LogP contribution is 2.46. The summed E-state index contributed by atoms with van der Waals surface area (Å²) < 4.78 is 40.4. The van der Waals surface area contributed by atoms with Crippen molar-refractivity contribution in [3.05, 3.63) is 0 Å².